The molecule has 6 rings (SSSR count). The molecule has 0 spiro atoms. The maximum Gasteiger partial charge on any atom is 0.124 e. The van der Waals surface area contributed by atoms with Crippen molar-refractivity contribution in [2.24, 2.45) is 5.92 Å². The highest BCUT2D eigenvalue weighted by molar-refractivity contribution is 8.09. The van der Waals surface area contributed by atoms with Gasteiger partial charge >= 0.3 is 0 Å². The molecule has 4 aromatic rings. The van der Waals surface area contributed by atoms with Gasteiger partial charge in [-0.15, -0.1) is 23.1 Å². The number of thiophene rings is 1. The topological polar surface area (TPSA) is 12.9 Å². The molecule has 1 aliphatic heterocycles. The maximum atomic E-state index is 5.17. The van der Waals surface area contributed by atoms with Gasteiger partial charge in [0.25, 0.3) is 0 Å². The quantitative estimate of drug-likeness (QED) is 0.293. The molecular formula is C30H27NS2. The standard InChI is InChI=1S/C30H27NS2/c1-18-13-24-23(28-16-20-10-6-8-12-27(20)33-28)17-26(31-29(24)32-18)21-14-19-9-5-7-11-22(19)25(15-21)30(2,3)4/h5-17,20,27H,1-4H3. The molecule has 2 aromatic carbocycles. The summed E-state index contributed by atoms with van der Waals surface area (Å²) in [6, 6.07) is 18.0. The monoisotopic (exact) mass is 465 g/mol. The molecule has 0 amide bonds. The number of rotatable bonds is 2. The van der Waals surface area contributed by atoms with Crippen LogP contribution in [-0.4, -0.2) is 10.2 Å². The molecule has 33 heavy (non-hydrogen) atoms. The highest BCUT2D eigenvalue weighted by atomic mass is 32.2. The molecule has 2 atom stereocenters. The van der Waals surface area contributed by atoms with Crippen molar-refractivity contribution in [3.8, 4) is 11.3 Å². The van der Waals surface area contributed by atoms with Gasteiger partial charge in [-0.2, -0.15) is 0 Å². The number of benzene rings is 2. The van der Waals surface area contributed by atoms with Crippen LogP contribution in [0.15, 0.2) is 78.9 Å². The van der Waals surface area contributed by atoms with Gasteiger partial charge in [0.2, 0.25) is 0 Å². The molecule has 3 heterocycles. The zero-order valence-corrected chi connectivity index (χ0v) is 21.1. The molecule has 0 fully saturated rings. The summed E-state index contributed by atoms with van der Waals surface area (Å²) in [5.41, 5.74) is 5.02. The molecule has 2 aliphatic rings. The third-order valence-corrected chi connectivity index (χ3v) is 8.89. The number of nitrogens with zero attached hydrogens (tertiary/aromatic N) is 1. The Morgan fingerprint density at radius 1 is 0.909 bits per heavy atom. The molecule has 1 nitrogen and oxygen atoms in total. The summed E-state index contributed by atoms with van der Waals surface area (Å²) in [7, 11) is 0. The van der Waals surface area contributed by atoms with Crippen molar-refractivity contribution in [3.05, 3.63) is 94.9 Å². The van der Waals surface area contributed by atoms with E-state index in [0.29, 0.717) is 11.2 Å². The van der Waals surface area contributed by atoms with E-state index in [1.807, 2.05) is 11.8 Å². The number of hydrogen-bond acceptors (Lipinski definition) is 3. The number of aromatic nitrogens is 1. The summed E-state index contributed by atoms with van der Waals surface area (Å²) in [5, 5.41) is 4.40. The van der Waals surface area contributed by atoms with E-state index < -0.39 is 0 Å². The van der Waals surface area contributed by atoms with E-state index in [0.717, 1.165) is 10.5 Å². The second-order valence-electron chi connectivity index (χ2n) is 10.1. The predicted octanol–water partition coefficient (Wildman–Crippen LogP) is 8.92. The SMILES string of the molecule is Cc1cc2c(C3=CC4C=CC=CC4S3)cc(-c3cc(C(C)(C)C)c4ccccc4c3)nc2s1. The van der Waals surface area contributed by atoms with Gasteiger partial charge in [-0.1, -0.05) is 75.4 Å². The van der Waals surface area contributed by atoms with E-state index in [2.05, 4.69) is 107 Å². The summed E-state index contributed by atoms with van der Waals surface area (Å²) in [6.45, 7) is 9.08. The zero-order valence-electron chi connectivity index (χ0n) is 19.4. The van der Waals surface area contributed by atoms with Gasteiger partial charge in [-0.25, -0.2) is 4.98 Å². The fourth-order valence-corrected chi connectivity index (χ4v) is 7.18. The van der Waals surface area contributed by atoms with Crippen LogP contribution < -0.4 is 0 Å². The van der Waals surface area contributed by atoms with E-state index in [1.165, 1.54) is 42.6 Å². The molecule has 3 heteroatoms. The number of fused-ring (bicyclic) bond motifs is 3. The van der Waals surface area contributed by atoms with Crippen molar-refractivity contribution in [1.82, 2.24) is 4.98 Å². The molecule has 164 valence electrons. The Kier molecular flexibility index (Phi) is 4.90. The second-order valence-corrected chi connectivity index (χ2v) is 12.5. The first kappa shape index (κ1) is 20.9. The third-order valence-electron chi connectivity index (χ3n) is 6.59. The van der Waals surface area contributed by atoms with Crippen LogP contribution in [0.2, 0.25) is 0 Å². The predicted molar refractivity (Wildman–Crippen MR) is 147 cm³/mol. The van der Waals surface area contributed by atoms with Crippen LogP contribution in [0, 0.1) is 12.8 Å². The fraction of sp³-hybridized carbons (Fsp3) is 0.233. The Bertz CT molecular complexity index is 1490. The Balaban J connectivity index is 1.57. The smallest absolute Gasteiger partial charge is 0.124 e. The van der Waals surface area contributed by atoms with Crippen molar-refractivity contribution in [2.75, 3.05) is 0 Å². The van der Waals surface area contributed by atoms with Crippen LogP contribution >= 0.6 is 23.1 Å². The lowest BCUT2D eigenvalue weighted by molar-refractivity contribution is 0.596. The fourth-order valence-electron chi connectivity index (χ4n) is 4.95. The lowest BCUT2D eigenvalue weighted by atomic mass is 9.82. The van der Waals surface area contributed by atoms with Crippen molar-refractivity contribution in [3.63, 3.8) is 0 Å². The van der Waals surface area contributed by atoms with E-state index >= 15 is 0 Å². The molecule has 1 aliphatic carbocycles. The Labute approximate surface area is 203 Å². The van der Waals surface area contributed by atoms with Crippen LogP contribution in [0.5, 0.6) is 0 Å². The molecule has 2 unspecified atom stereocenters. The van der Waals surface area contributed by atoms with E-state index in [4.69, 9.17) is 4.98 Å². The lowest BCUT2D eigenvalue weighted by Gasteiger charge is -2.23. The maximum absolute atomic E-state index is 5.17. The number of hydrogen-bond donors (Lipinski definition) is 0. The molecule has 2 aromatic heterocycles. The minimum absolute atomic E-state index is 0.0558. The largest absolute Gasteiger partial charge is 0.237 e. The van der Waals surface area contributed by atoms with Gasteiger partial charge in [0.15, 0.2) is 0 Å². The van der Waals surface area contributed by atoms with Crippen LogP contribution in [0.3, 0.4) is 0 Å². The highest BCUT2D eigenvalue weighted by Gasteiger charge is 2.28. The number of allylic oxidation sites excluding steroid dienone is 4. The normalized spacial score (nSPS) is 19.9. The van der Waals surface area contributed by atoms with Gasteiger partial charge in [0, 0.05) is 37.5 Å². The van der Waals surface area contributed by atoms with Gasteiger partial charge < -0.3 is 0 Å². The first-order valence-electron chi connectivity index (χ1n) is 11.6. The molecule has 0 bridgehead atoms. The Hall–Kier alpha value is -2.62. The minimum Gasteiger partial charge on any atom is -0.237 e. The molecule has 0 N–H and O–H groups in total. The Morgan fingerprint density at radius 2 is 1.73 bits per heavy atom. The van der Waals surface area contributed by atoms with Gasteiger partial charge in [-0.3, -0.25) is 0 Å². The van der Waals surface area contributed by atoms with Crippen LogP contribution in [0.25, 0.3) is 37.2 Å². The van der Waals surface area contributed by atoms with Crippen molar-refractivity contribution < 1.29 is 0 Å². The van der Waals surface area contributed by atoms with E-state index in [9.17, 15) is 0 Å². The summed E-state index contributed by atoms with van der Waals surface area (Å²) in [4.78, 5) is 9.00. The lowest BCUT2D eigenvalue weighted by Crippen LogP contribution is -2.12. The van der Waals surface area contributed by atoms with Crippen molar-refractivity contribution in [1.29, 1.82) is 0 Å². The zero-order chi connectivity index (χ0) is 22.7. The van der Waals surface area contributed by atoms with Crippen LogP contribution in [0.1, 0.15) is 36.8 Å². The third kappa shape index (κ3) is 3.68. The Morgan fingerprint density at radius 3 is 2.55 bits per heavy atom. The summed E-state index contributed by atoms with van der Waals surface area (Å²) in [5.74, 6) is 0.481. The van der Waals surface area contributed by atoms with Crippen LogP contribution in [0.4, 0.5) is 0 Å². The summed E-state index contributed by atoms with van der Waals surface area (Å²) < 4.78 is 0. The first-order valence-corrected chi connectivity index (χ1v) is 13.3. The average Bonchev–Trinajstić information content (AvgIpc) is 3.39. The highest BCUT2D eigenvalue weighted by Crippen LogP contribution is 2.48. The number of pyridine rings is 1. The van der Waals surface area contributed by atoms with Gasteiger partial charge in [0.05, 0.1) is 5.69 Å². The van der Waals surface area contributed by atoms with Gasteiger partial charge in [-0.05, 0) is 52.9 Å². The van der Waals surface area contributed by atoms with Gasteiger partial charge in [0.1, 0.15) is 4.83 Å². The van der Waals surface area contributed by atoms with E-state index in [1.54, 1.807) is 11.3 Å². The minimum atomic E-state index is 0.0558. The summed E-state index contributed by atoms with van der Waals surface area (Å²) >= 11 is 3.78. The van der Waals surface area contributed by atoms with Crippen LogP contribution in [-0.2, 0) is 5.41 Å². The number of thioether (sulfide) groups is 1. The van der Waals surface area contributed by atoms with Crippen molar-refractivity contribution >= 4 is 49.0 Å². The summed E-state index contributed by atoms with van der Waals surface area (Å²) in [6.07, 6.45) is 11.4. The first-order chi connectivity index (χ1) is 15.9. The second kappa shape index (κ2) is 7.72. The molecular weight excluding hydrogens is 438 g/mol. The molecule has 0 saturated carbocycles. The number of aryl methyl sites for hydroxylation is 1. The van der Waals surface area contributed by atoms with E-state index in [-0.39, 0.29) is 5.41 Å². The average molecular weight is 466 g/mol. The molecule has 0 saturated heterocycles. The van der Waals surface area contributed by atoms with Crippen molar-refractivity contribution in [2.45, 2.75) is 38.4 Å². The molecule has 0 radical (unpaired) electrons.